The van der Waals surface area contributed by atoms with E-state index in [-0.39, 0.29) is 17.4 Å². The van der Waals surface area contributed by atoms with E-state index in [0.29, 0.717) is 23.2 Å². The van der Waals surface area contributed by atoms with Crippen LogP contribution in [-0.4, -0.2) is 29.3 Å². The van der Waals surface area contributed by atoms with E-state index in [1.807, 2.05) is 0 Å². The lowest BCUT2D eigenvalue weighted by atomic mass is 10.2. The van der Waals surface area contributed by atoms with E-state index in [9.17, 15) is 13.6 Å². The molecule has 0 saturated heterocycles. The second-order valence-electron chi connectivity index (χ2n) is 5.56. The van der Waals surface area contributed by atoms with Crippen LogP contribution in [0.25, 0.3) is 6.08 Å². The molecule has 1 aliphatic carbocycles. The average molecular weight is 381 g/mol. The van der Waals surface area contributed by atoms with Crippen molar-refractivity contribution < 1.29 is 23.0 Å². The predicted molar refractivity (Wildman–Crippen MR) is 93.8 cm³/mol. The lowest BCUT2D eigenvalue weighted by Crippen LogP contribution is -2.07. The largest absolute Gasteiger partial charge is 0.490 e. The van der Waals surface area contributed by atoms with Crippen LogP contribution < -0.4 is 14.8 Å². The molecule has 0 bridgehead atoms. The third kappa shape index (κ3) is 4.98. The Balaban J connectivity index is 1.64. The summed E-state index contributed by atoms with van der Waals surface area (Å²) in [4.78, 5) is 12.0. The maximum Gasteiger partial charge on any atom is 0.387 e. The van der Waals surface area contributed by atoms with Crippen molar-refractivity contribution in [2.45, 2.75) is 32.3 Å². The first-order valence-electron chi connectivity index (χ1n) is 8.09. The van der Waals surface area contributed by atoms with E-state index in [1.165, 1.54) is 29.5 Å². The Morgan fingerprint density at radius 2 is 2.19 bits per heavy atom. The third-order valence-electron chi connectivity index (χ3n) is 3.51. The monoisotopic (exact) mass is 381 g/mol. The molecule has 0 atom stereocenters. The number of hydrogen-bond donors (Lipinski definition) is 1. The van der Waals surface area contributed by atoms with Gasteiger partial charge < -0.3 is 9.47 Å². The maximum atomic E-state index is 12.4. The normalized spacial score (nSPS) is 14.0. The van der Waals surface area contributed by atoms with Crippen LogP contribution in [-0.2, 0) is 4.79 Å². The highest BCUT2D eigenvalue weighted by molar-refractivity contribution is 7.15. The zero-order valence-corrected chi connectivity index (χ0v) is 14.8. The molecule has 0 spiro atoms. The van der Waals surface area contributed by atoms with Gasteiger partial charge in [-0.2, -0.15) is 8.78 Å². The van der Waals surface area contributed by atoms with Gasteiger partial charge in [0.15, 0.2) is 11.5 Å². The van der Waals surface area contributed by atoms with E-state index in [2.05, 4.69) is 20.3 Å². The fourth-order valence-electron chi connectivity index (χ4n) is 2.19. The number of benzene rings is 1. The van der Waals surface area contributed by atoms with Crippen molar-refractivity contribution in [3.05, 3.63) is 34.8 Å². The van der Waals surface area contributed by atoms with Crippen molar-refractivity contribution in [1.29, 1.82) is 0 Å². The summed E-state index contributed by atoms with van der Waals surface area (Å²) in [6.07, 6.45) is 5.12. The van der Waals surface area contributed by atoms with Crippen LogP contribution in [0.15, 0.2) is 24.3 Å². The van der Waals surface area contributed by atoms with Gasteiger partial charge in [0, 0.05) is 12.0 Å². The summed E-state index contributed by atoms with van der Waals surface area (Å²) in [5, 5.41) is 12.1. The van der Waals surface area contributed by atoms with Crippen LogP contribution in [0.2, 0.25) is 0 Å². The number of carbonyl (C=O) groups excluding carboxylic acids is 1. The number of nitrogens with zero attached hydrogens (tertiary/aromatic N) is 2. The van der Waals surface area contributed by atoms with Crippen molar-refractivity contribution in [2.75, 3.05) is 11.9 Å². The number of halogens is 2. The number of anilines is 1. The van der Waals surface area contributed by atoms with Crippen molar-refractivity contribution in [2.24, 2.45) is 0 Å². The molecule has 1 amide bonds. The Bertz CT molecular complexity index is 806. The number of rotatable bonds is 8. The summed E-state index contributed by atoms with van der Waals surface area (Å²) >= 11 is 1.37. The van der Waals surface area contributed by atoms with Gasteiger partial charge in [-0.05, 0) is 43.5 Å². The zero-order valence-electron chi connectivity index (χ0n) is 13.9. The molecule has 0 radical (unpaired) electrons. The molecule has 1 aliphatic rings. The molecule has 9 heteroatoms. The fourth-order valence-corrected chi connectivity index (χ4v) is 3.10. The van der Waals surface area contributed by atoms with Crippen LogP contribution >= 0.6 is 11.3 Å². The maximum absolute atomic E-state index is 12.4. The van der Waals surface area contributed by atoms with Gasteiger partial charge in [0.2, 0.25) is 11.0 Å². The highest BCUT2D eigenvalue weighted by atomic mass is 32.1. The van der Waals surface area contributed by atoms with Gasteiger partial charge in [0.25, 0.3) is 0 Å². The van der Waals surface area contributed by atoms with E-state index in [0.717, 1.165) is 17.8 Å². The smallest absolute Gasteiger partial charge is 0.387 e. The molecule has 1 N–H and O–H groups in total. The number of aromatic nitrogens is 2. The molecule has 2 aromatic rings. The van der Waals surface area contributed by atoms with Gasteiger partial charge in [-0.15, -0.1) is 10.2 Å². The number of hydrogen-bond acceptors (Lipinski definition) is 6. The summed E-state index contributed by atoms with van der Waals surface area (Å²) in [6.45, 7) is -0.901. The van der Waals surface area contributed by atoms with E-state index in [4.69, 9.17) is 4.74 Å². The quantitative estimate of drug-likeness (QED) is 0.698. The van der Waals surface area contributed by atoms with E-state index < -0.39 is 6.61 Å². The van der Waals surface area contributed by atoms with Crippen LogP contribution in [0.3, 0.4) is 0 Å². The van der Waals surface area contributed by atoms with Gasteiger partial charge in [-0.25, -0.2) is 0 Å². The van der Waals surface area contributed by atoms with E-state index in [1.54, 1.807) is 19.1 Å². The predicted octanol–water partition coefficient (Wildman–Crippen LogP) is 4.07. The lowest BCUT2D eigenvalue weighted by Gasteiger charge is -2.11. The number of amides is 1. The Morgan fingerprint density at radius 3 is 2.88 bits per heavy atom. The molecule has 26 heavy (non-hydrogen) atoms. The molecule has 0 unspecified atom stereocenters. The molecule has 1 aromatic carbocycles. The lowest BCUT2D eigenvalue weighted by molar-refractivity contribution is -0.111. The number of alkyl halides is 2. The van der Waals surface area contributed by atoms with Crippen LogP contribution in [0.5, 0.6) is 11.5 Å². The zero-order chi connectivity index (χ0) is 18.5. The minimum atomic E-state index is -2.94. The molecule has 6 nitrogen and oxygen atoms in total. The Kier molecular flexibility index (Phi) is 5.77. The van der Waals surface area contributed by atoms with Crippen molar-refractivity contribution in [1.82, 2.24) is 10.2 Å². The molecule has 1 fully saturated rings. The van der Waals surface area contributed by atoms with Gasteiger partial charge in [0.1, 0.15) is 5.01 Å². The summed E-state index contributed by atoms with van der Waals surface area (Å²) < 4.78 is 34.5. The first kappa shape index (κ1) is 18.2. The third-order valence-corrected chi connectivity index (χ3v) is 4.51. The molecular formula is C17H17F2N3O3S. The van der Waals surface area contributed by atoms with E-state index >= 15 is 0 Å². The number of nitrogens with one attached hydrogen (secondary N) is 1. The number of ether oxygens (including phenoxy) is 2. The van der Waals surface area contributed by atoms with Gasteiger partial charge in [-0.3, -0.25) is 10.1 Å². The molecule has 1 aromatic heterocycles. The van der Waals surface area contributed by atoms with Crippen LogP contribution in [0.4, 0.5) is 13.9 Å². The number of carbonyl (C=O) groups is 1. The van der Waals surface area contributed by atoms with Crippen LogP contribution in [0.1, 0.15) is 36.3 Å². The SMILES string of the molecule is CCOc1cc(C=CC(=O)Nc2nnc(C3CC3)s2)ccc1OC(F)F. The summed E-state index contributed by atoms with van der Waals surface area (Å²) in [6, 6.07) is 4.46. The molecule has 3 rings (SSSR count). The first-order chi connectivity index (χ1) is 12.5. The standard InChI is InChI=1S/C17H17F2N3O3S/c1-2-24-13-9-10(3-7-12(13)25-16(18)19)4-8-14(23)20-17-22-21-15(26-17)11-5-6-11/h3-4,7-9,11,16H,2,5-6H2,1H3,(H,20,22,23). The molecular weight excluding hydrogens is 364 g/mol. The fraction of sp³-hybridized carbons (Fsp3) is 0.353. The topological polar surface area (TPSA) is 73.3 Å². The Morgan fingerprint density at radius 1 is 1.38 bits per heavy atom. The minimum Gasteiger partial charge on any atom is -0.490 e. The first-order valence-corrected chi connectivity index (χ1v) is 8.91. The molecule has 1 saturated carbocycles. The average Bonchev–Trinajstić information content (AvgIpc) is 3.35. The Labute approximate surface area is 152 Å². The highest BCUT2D eigenvalue weighted by Crippen LogP contribution is 2.42. The minimum absolute atomic E-state index is 0.0510. The van der Waals surface area contributed by atoms with Crippen molar-refractivity contribution >= 4 is 28.5 Å². The van der Waals surface area contributed by atoms with Crippen molar-refractivity contribution in [3.63, 3.8) is 0 Å². The van der Waals surface area contributed by atoms with Crippen molar-refractivity contribution in [3.8, 4) is 11.5 Å². The summed E-state index contributed by atoms with van der Waals surface area (Å²) in [5.74, 6) is 0.271. The molecule has 1 heterocycles. The second-order valence-corrected chi connectivity index (χ2v) is 6.57. The van der Waals surface area contributed by atoms with Gasteiger partial charge in [0.05, 0.1) is 6.61 Å². The van der Waals surface area contributed by atoms with Gasteiger partial charge in [-0.1, -0.05) is 17.4 Å². The highest BCUT2D eigenvalue weighted by Gasteiger charge is 2.27. The summed E-state index contributed by atoms with van der Waals surface area (Å²) in [7, 11) is 0. The van der Waals surface area contributed by atoms with Gasteiger partial charge >= 0.3 is 6.61 Å². The molecule has 0 aliphatic heterocycles. The molecule has 138 valence electrons. The Hall–Kier alpha value is -2.55. The van der Waals surface area contributed by atoms with Crippen LogP contribution in [0, 0.1) is 0 Å². The second kappa shape index (κ2) is 8.22. The summed E-state index contributed by atoms with van der Waals surface area (Å²) in [5.41, 5.74) is 0.612.